The first-order valence-electron chi connectivity index (χ1n) is 10.3. The number of hydrogen-bond donors (Lipinski definition) is 2. The number of sulfonamides is 1. The molecule has 0 aliphatic carbocycles. The summed E-state index contributed by atoms with van der Waals surface area (Å²) in [6, 6.07) is 21.0. The van der Waals surface area contributed by atoms with Crippen molar-refractivity contribution < 1.29 is 17.7 Å². The lowest BCUT2D eigenvalue weighted by molar-refractivity contribution is -0.931. The molecule has 2 aromatic carbocycles. The molecule has 0 amide bonds. The fraction of sp³-hybridized carbons (Fsp3) is 0.304. The molecule has 2 N–H and O–H groups in total. The van der Waals surface area contributed by atoms with Crippen LogP contribution in [0.15, 0.2) is 82.3 Å². The van der Waals surface area contributed by atoms with Crippen LogP contribution in [0, 0.1) is 6.92 Å². The van der Waals surface area contributed by atoms with Gasteiger partial charge in [-0.1, -0.05) is 35.9 Å². The third-order valence-corrected chi connectivity index (χ3v) is 7.15. The molecule has 1 aliphatic rings. The standard InChI is InChI=1S/C23H27N3O3S/c1-19-9-11-21(12-10-19)30(27,28)24-18-22(23-8-5-17-29-23)26-15-13-25(14-16-26)20-6-3-2-4-7-20/h2-12,17,22,24H,13-16,18H2,1H3/p+1/t22-/m1/s1. The number of rotatable bonds is 7. The normalized spacial score (nSPS) is 16.5. The summed E-state index contributed by atoms with van der Waals surface area (Å²) in [5.74, 6) is 0.810. The van der Waals surface area contributed by atoms with Crippen molar-refractivity contribution >= 4 is 15.7 Å². The number of aryl methyl sites for hydroxylation is 1. The zero-order chi connectivity index (χ0) is 21.0. The van der Waals surface area contributed by atoms with Crippen LogP contribution in [0.3, 0.4) is 0 Å². The number of quaternary nitrogens is 1. The molecule has 0 unspecified atom stereocenters. The summed E-state index contributed by atoms with van der Waals surface area (Å²) in [4.78, 5) is 3.98. The van der Waals surface area contributed by atoms with Gasteiger partial charge >= 0.3 is 0 Å². The van der Waals surface area contributed by atoms with E-state index in [2.05, 4.69) is 33.9 Å². The van der Waals surface area contributed by atoms with Crippen LogP contribution >= 0.6 is 0 Å². The quantitative estimate of drug-likeness (QED) is 0.607. The highest BCUT2D eigenvalue weighted by atomic mass is 32.2. The van der Waals surface area contributed by atoms with Gasteiger partial charge in [-0.25, -0.2) is 13.1 Å². The Morgan fingerprint density at radius 1 is 1.00 bits per heavy atom. The lowest BCUT2D eigenvalue weighted by Crippen LogP contribution is -3.15. The second kappa shape index (κ2) is 9.04. The number of furan rings is 1. The second-order valence-corrected chi connectivity index (χ2v) is 9.48. The first-order chi connectivity index (χ1) is 14.5. The van der Waals surface area contributed by atoms with E-state index in [1.54, 1.807) is 18.4 Å². The molecule has 0 radical (unpaired) electrons. The molecule has 7 heteroatoms. The molecule has 0 spiro atoms. The fourth-order valence-corrected chi connectivity index (χ4v) is 5.02. The first-order valence-corrected chi connectivity index (χ1v) is 11.8. The zero-order valence-corrected chi connectivity index (χ0v) is 17.9. The fourth-order valence-electron chi connectivity index (χ4n) is 3.97. The highest BCUT2D eigenvalue weighted by molar-refractivity contribution is 7.89. The van der Waals surface area contributed by atoms with Crippen LogP contribution in [0.1, 0.15) is 17.4 Å². The molecule has 1 aromatic heterocycles. The maximum absolute atomic E-state index is 12.8. The Balaban J connectivity index is 1.45. The number of piperazine rings is 1. The Morgan fingerprint density at radius 3 is 2.33 bits per heavy atom. The minimum Gasteiger partial charge on any atom is -0.463 e. The number of benzene rings is 2. The first kappa shape index (κ1) is 20.7. The van der Waals surface area contributed by atoms with E-state index in [1.165, 1.54) is 10.6 Å². The summed E-state index contributed by atoms with van der Waals surface area (Å²) in [6.07, 6.45) is 1.65. The van der Waals surface area contributed by atoms with Crippen molar-refractivity contribution in [2.75, 3.05) is 37.6 Å². The van der Waals surface area contributed by atoms with Gasteiger partial charge < -0.3 is 14.2 Å². The van der Waals surface area contributed by atoms with Gasteiger partial charge in [-0.15, -0.1) is 0 Å². The molecule has 0 saturated carbocycles. The van der Waals surface area contributed by atoms with E-state index >= 15 is 0 Å². The van der Waals surface area contributed by atoms with E-state index in [0.29, 0.717) is 6.54 Å². The van der Waals surface area contributed by atoms with Crippen LogP contribution in [0.25, 0.3) is 0 Å². The van der Waals surface area contributed by atoms with Crippen molar-refractivity contribution in [3.63, 3.8) is 0 Å². The monoisotopic (exact) mass is 426 g/mol. The Hall–Kier alpha value is -2.61. The van der Waals surface area contributed by atoms with E-state index < -0.39 is 10.0 Å². The van der Waals surface area contributed by atoms with Crippen LogP contribution in [0.5, 0.6) is 0 Å². The minimum atomic E-state index is -3.57. The van der Waals surface area contributed by atoms with Gasteiger partial charge in [-0.3, -0.25) is 0 Å². The van der Waals surface area contributed by atoms with Crippen LogP contribution in [0.2, 0.25) is 0 Å². The average Bonchev–Trinajstić information content (AvgIpc) is 3.30. The highest BCUT2D eigenvalue weighted by Gasteiger charge is 2.32. The van der Waals surface area contributed by atoms with Gasteiger partial charge in [0.15, 0.2) is 11.8 Å². The third-order valence-electron chi connectivity index (χ3n) is 5.72. The molecule has 0 bridgehead atoms. The van der Waals surface area contributed by atoms with Crippen molar-refractivity contribution in [1.82, 2.24) is 4.72 Å². The largest absolute Gasteiger partial charge is 0.463 e. The van der Waals surface area contributed by atoms with Gasteiger partial charge in [0, 0.05) is 5.69 Å². The Labute approximate surface area is 178 Å². The molecule has 6 nitrogen and oxygen atoms in total. The highest BCUT2D eigenvalue weighted by Crippen LogP contribution is 2.16. The molecule has 4 rings (SSSR count). The molecule has 2 heterocycles. The van der Waals surface area contributed by atoms with Gasteiger partial charge in [-0.05, 0) is 43.3 Å². The van der Waals surface area contributed by atoms with Crippen molar-refractivity contribution in [3.8, 4) is 0 Å². The zero-order valence-electron chi connectivity index (χ0n) is 17.1. The van der Waals surface area contributed by atoms with Crippen LogP contribution < -0.4 is 14.5 Å². The predicted octanol–water partition coefficient (Wildman–Crippen LogP) is 2.01. The van der Waals surface area contributed by atoms with Crippen molar-refractivity contribution in [3.05, 3.63) is 84.3 Å². The molecule has 1 aliphatic heterocycles. The van der Waals surface area contributed by atoms with Gasteiger partial charge in [0.2, 0.25) is 10.0 Å². The molecule has 1 atom stereocenters. The Morgan fingerprint density at radius 2 is 1.70 bits per heavy atom. The Kier molecular flexibility index (Phi) is 6.22. The van der Waals surface area contributed by atoms with Crippen molar-refractivity contribution in [1.29, 1.82) is 0 Å². The van der Waals surface area contributed by atoms with E-state index in [4.69, 9.17) is 4.42 Å². The Bertz CT molecular complexity index is 1030. The van der Waals surface area contributed by atoms with E-state index in [9.17, 15) is 8.42 Å². The van der Waals surface area contributed by atoms with Crippen molar-refractivity contribution in [2.45, 2.75) is 17.9 Å². The maximum atomic E-state index is 12.8. The lowest BCUT2D eigenvalue weighted by Gasteiger charge is -2.37. The van der Waals surface area contributed by atoms with Crippen LogP contribution in [0.4, 0.5) is 5.69 Å². The molecule has 30 heavy (non-hydrogen) atoms. The average molecular weight is 427 g/mol. The molecule has 3 aromatic rings. The van der Waals surface area contributed by atoms with Gasteiger partial charge in [-0.2, -0.15) is 0 Å². The molecular weight excluding hydrogens is 398 g/mol. The maximum Gasteiger partial charge on any atom is 0.240 e. The van der Waals surface area contributed by atoms with E-state index in [-0.39, 0.29) is 10.9 Å². The molecular formula is C23H28N3O3S+. The van der Waals surface area contributed by atoms with E-state index in [0.717, 1.165) is 37.5 Å². The summed E-state index contributed by atoms with van der Waals surface area (Å²) in [5.41, 5.74) is 2.26. The molecule has 1 saturated heterocycles. The lowest BCUT2D eigenvalue weighted by atomic mass is 10.1. The number of hydrogen-bond acceptors (Lipinski definition) is 4. The summed E-state index contributed by atoms with van der Waals surface area (Å²) in [5, 5.41) is 0. The number of para-hydroxylation sites is 1. The minimum absolute atomic E-state index is 0.0712. The van der Waals surface area contributed by atoms with Gasteiger partial charge in [0.1, 0.15) is 0 Å². The van der Waals surface area contributed by atoms with Crippen LogP contribution in [-0.4, -0.2) is 41.1 Å². The second-order valence-electron chi connectivity index (χ2n) is 7.71. The SMILES string of the molecule is Cc1ccc(S(=O)(=O)NC[C@H](c2ccco2)[NH+]2CCN(c3ccccc3)CC2)cc1. The number of nitrogens with one attached hydrogen (secondary N) is 2. The summed E-state index contributed by atoms with van der Waals surface area (Å²) < 4.78 is 34.0. The van der Waals surface area contributed by atoms with Crippen LogP contribution in [-0.2, 0) is 10.0 Å². The van der Waals surface area contributed by atoms with Gasteiger partial charge in [0.05, 0.1) is 43.9 Å². The summed E-state index contributed by atoms with van der Waals surface area (Å²) in [6.45, 7) is 5.89. The molecule has 1 fully saturated rings. The number of anilines is 1. The smallest absolute Gasteiger partial charge is 0.240 e. The number of nitrogens with zero attached hydrogens (tertiary/aromatic N) is 1. The summed E-state index contributed by atoms with van der Waals surface area (Å²) >= 11 is 0. The van der Waals surface area contributed by atoms with Gasteiger partial charge in [0.25, 0.3) is 0 Å². The topological polar surface area (TPSA) is 67.0 Å². The predicted molar refractivity (Wildman–Crippen MR) is 117 cm³/mol. The van der Waals surface area contributed by atoms with Crippen molar-refractivity contribution in [2.24, 2.45) is 0 Å². The molecule has 158 valence electrons. The third kappa shape index (κ3) is 4.75. The summed E-state index contributed by atoms with van der Waals surface area (Å²) in [7, 11) is -3.57. The van der Waals surface area contributed by atoms with E-state index in [1.807, 2.05) is 37.3 Å².